The van der Waals surface area contributed by atoms with Crippen LogP contribution in [-0.4, -0.2) is 57.7 Å². The Hall–Kier alpha value is -2.84. The lowest BCUT2D eigenvalue weighted by molar-refractivity contribution is -0.384. The van der Waals surface area contributed by atoms with Crippen molar-refractivity contribution >= 4 is 28.8 Å². The average Bonchev–Trinajstić information content (AvgIpc) is 2.80. The van der Waals surface area contributed by atoms with Gasteiger partial charge in [0.15, 0.2) is 0 Å². The molecule has 1 amide bonds. The fraction of sp³-hybridized carbons (Fsp3) is 0.529. The number of H-pyrrole nitrogens is 1. The number of anilines is 1. The van der Waals surface area contributed by atoms with Gasteiger partial charge >= 0.3 is 6.09 Å². The summed E-state index contributed by atoms with van der Waals surface area (Å²) in [5, 5.41) is 10.9. The van der Waals surface area contributed by atoms with Crippen molar-refractivity contribution in [3.63, 3.8) is 0 Å². The zero-order chi connectivity index (χ0) is 18.9. The van der Waals surface area contributed by atoms with Crippen LogP contribution in [0.1, 0.15) is 27.2 Å². The first-order valence-electron chi connectivity index (χ1n) is 8.60. The number of carbonyl (C=O) groups is 1. The molecule has 2 aromatic rings. The summed E-state index contributed by atoms with van der Waals surface area (Å²) in [6, 6.07) is 4.56. The number of nitrogens with one attached hydrogen (secondary N) is 1. The van der Waals surface area contributed by atoms with Crippen LogP contribution in [0.3, 0.4) is 0 Å². The van der Waals surface area contributed by atoms with Gasteiger partial charge in [0.05, 0.1) is 16.0 Å². The number of aromatic amines is 1. The number of nitrogens with zero attached hydrogens (tertiary/aromatic N) is 4. The van der Waals surface area contributed by atoms with Gasteiger partial charge in [0.1, 0.15) is 5.60 Å². The van der Waals surface area contributed by atoms with Crippen molar-refractivity contribution in [3.05, 3.63) is 28.3 Å². The van der Waals surface area contributed by atoms with Gasteiger partial charge in [0.2, 0.25) is 5.95 Å². The zero-order valence-electron chi connectivity index (χ0n) is 15.2. The van der Waals surface area contributed by atoms with E-state index in [9.17, 15) is 14.9 Å². The highest BCUT2D eigenvalue weighted by atomic mass is 16.6. The minimum atomic E-state index is -0.517. The van der Waals surface area contributed by atoms with Gasteiger partial charge in [-0.15, -0.1) is 0 Å². The quantitative estimate of drug-likeness (QED) is 0.651. The van der Waals surface area contributed by atoms with Crippen molar-refractivity contribution in [3.8, 4) is 0 Å². The van der Waals surface area contributed by atoms with Gasteiger partial charge < -0.3 is 19.5 Å². The standard InChI is InChI=1S/C17H23N5O4/c1-17(2,3)26-16(23)21-8-4-7-20(9-10-21)15-18-13-6-5-12(22(24)25)11-14(13)19-15/h5-6,11H,4,7-10H2,1-3H3,(H,18,19). The maximum atomic E-state index is 12.2. The fourth-order valence-corrected chi connectivity index (χ4v) is 2.89. The Morgan fingerprint density at radius 3 is 2.73 bits per heavy atom. The number of amides is 1. The van der Waals surface area contributed by atoms with Crippen LogP contribution in [0.5, 0.6) is 0 Å². The number of nitro groups is 1. The molecule has 1 aliphatic rings. The number of aromatic nitrogens is 2. The SMILES string of the molecule is CC(C)(C)OC(=O)N1CCCN(c2nc3ccc([N+](=O)[O-])cc3[nH]2)CC1. The molecule has 1 saturated heterocycles. The Balaban J connectivity index is 1.72. The topological polar surface area (TPSA) is 105 Å². The minimum Gasteiger partial charge on any atom is -0.444 e. The third-order valence-corrected chi connectivity index (χ3v) is 4.11. The number of hydrogen-bond donors (Lipinski definition) is 1. The Morgan fingerprint density at radius 2 is 2.04 bits per heavy atom. The molecule has 26 heavy (non-hydrogen) atoms. The minimum absolute atomic E-state index is 0.0275. The zero-order valence-corrected chi connectivity index (χ0v) is 15.2. The van der Waals surface area contributed by atoms with E-state index < -0.39 is 10.5 Å². The molecule has 0 spiro atoms. The first-order chi connectivity index (χ1) is 12.2. The van der Waals surface area contributed by atoms with E-state index in [1.54, 1.807) is 11.0 Å². The molecule has 0 radical (unpaired) electrons. The van der Waals surface area contributed by atoms with Gasteiger partial charge in [-0.25, -0.2) is 9.78 Å². The first kappa shape index (κ1) is 18.0. The summed E-state index contributed by atoms with van der Waals surface area (Å²) in [5.74, 6) is 0.659. The smallest absolute Gasteiger partial charge is 0.410 e. The van der Waals surface area contributed by atoms with Crippen LogP contribution in [0, 0.1) is 10.1 Å². The predicted octanol–water partition coefficient (Wildman–Crippen LogP) is 2.92. The molecular weight excluding hydrogens is 338 g/mol. The molecule has 0 atom stereocenters. The molecule has 2 heterocycles. The summed E-state index contributed by atoms with van der Waals surface area (Å²) in [6.07, 6.45) is 0.482. The van der Waals surface area contributed by atoms with Gasteiger partial charge in [-0.3, -0.25) is 10.1 Å². The van der Waals surface area contributed by atoms with Crippen LogP contribution in [0.15, 0.2) is 18.2 Å². The molecule has 0 unspecified atom stereocenters. The summed E-state index contributed by atoms with van der Waals surface area (Å²) >= 11 is 0. The maximum absolute atomic E-state index is 12.2. The normalized spacial score (nSPS) is 15.8. The fourth-order valence-electron chi connectivity index (χ4n) is 2.89. The van der Waals surface area contributed by atoms with Gasteiger partial charge in [0.25, 0.3) is 5.69 Å². The first-order valence-corrected chi connectivity index (χ1v) is 8.60. The van der Waals surface area contributed by atoms with Crippen molar-refractivity contribution in [2.24, 2.45) is 0 Å². The van der Waals surface area contributed by atoms with Crippen LogP contribution in [-0.2, 0) is 4.74 Å². The second kappa shape index (κ2) is 6.81. The Labute approximate surface area is 151 Å². The second-order valence-corrected chi connectivity index (χ2v) is 7.33. The number of ether oxygens (including phenoxy) is 1. The molecule has 1 aliphatic heterocycles. The van der Waals surface area contributed by atoms with Crippen LogP contribution >= 0.6 is 0 Å². The lowest BCUT2D eigenvalue weighted by Crippen LogP contribution is -2.39. The molecule has 140 valence electrons. The van der Waals surface area contributed by atoms with Crippen LogP contribution in [0.2, 0.25) is 0 Å². The Bertz CT molecular complexity index is 826. The summed E-state index contributed by atoms with van der Waals surface area (Å²) in [5.41, 5.74) is 0.817. The number of fused-ring (bicyclic) bond motifs is 1. The van der Waals surface area contributed by atoms with Crippen molar-refractivity contribution in [2.45, 2.75) is 32.8 Å². The molecule has 1 fully saturated rings. The van der Waals surface area contributed by atoms with Gasteiger partial charge in [0, 0.05) is 38.3 Å². The molecule has 0 bridgehead atoms. The van der Waals surface area contributed by atoms with E-state index in [1.807, 2.05) is 20.8 Å². The summed E-state index contributed by atoms with van der Waals surface area (Å²) in [6.45, 7) is 8.06. The average molecular weight is 361 g/mol. The van der Waals surface area contributed by atoms with Crippen molar-refractivity contribution < 1.29 is 14.5 Å². The number of carbonyl (C=O) groups excluding carboxylic acids is 1. The highest BCUT2D eigenvalue weighted by molar-refractivity contribution is 5.80. The molecule has 0 aliphatic carbocycles. The summed E-state index contributed by atoms with van der Waals surface area (Å²) in [4.78, 5) is 34.2. The molecule has 0 saturated carbocycles. The highest BCUT2D eigenvalue weighted by Crippen LogP contribution is 2.23. The van der Waals surface area contributed by atoms with Crippen molar-refractivity contribution in [2.75, 3.05) is 31.1 Å². The van der Waals surface area contributed by atoms with Gasteiger partial charge in [-0.1, -0.05) is 0 Å². The summed E-state index contributed by atoms with van der Waals surface area (Å²) in [7, 11) is 0. The molecule has 3 rings (SSSR count). The van der Waals surface area contributed by atoms with Gasteiger partial charge in [-0.05, 0) is 33.3 Å². The van der Waals surface area contributed by atoms with E-state index >= 15 is 0 Å². The highest BCUT2D eigenvalue weighted by Gasteiger charge is 2.25. The van der Waals surface area contributed by atoms with Gasteiger partial charge in [-0.2, -0.15) is 0 Å². The number of nitro benzene ring substituents is 1. The van der Waals surface area contributed by atoms with Crippen LogP contribution in [0.4, 0.5) is 16.4 Å². The summed E-state index contributed by atoms with van der Waals surface area (Å²) < 4.78 is 5.44. The van der Waals surface area contributed by atoms with E-state index in [0.29, 0.717) is 36.6 Å². The van der Waals surface area contributed by atoms with Crippen molar-refractivity contribution in [1.82, 2.24) is 14.9 Å². The second-order valence-electron chi connectivity index (χ2n) is 7.33. The lowest BCUT2D eigenvalue weighted by atomic mass is 10.2. The number of benzene rings is 1. The van der Waals surface area contributed by atoms with E-state index in [1.165, 1.54) is 12.1 Å². The molecular formula is C17H23N5O4. The van der Waals surface area contributed by atoms with E-state index in [0.717, 1.165) is 13.0 Å². The van der Waals surface area contributed by atoms with Crippen molar-refractivity contribution in [1.29, 1.82) is 0 Å². The molecule has 9 heteroatoms. The number of hydrogen-bond acceptors (Lipinski definition) is 6. The van der Waals surface area contributed by atoms with Crippen LogP contribution in [0.25, 0.3) is 11.0 Å². The monoisotopic (exact) mass is 361 g/mol. The molecule has 9 nitrogen and oxygen atoms in total. The lowest BCUT2D eigenvalue weighted by Gasteiger charge is -2.26. The molecule has 1 aromatic heterocycles. The van der Waals surface area contributed by atoms with E-state index in [4.69, 9.17) is 4.74 Å². The predicted molar refractivity (Wildman–Crippen MR) is 97.4 cm³/mol. The molecule has 1 N–H and O–H groups in total. The number of imidazole rings is 1. The Morgan fingerprint density at radius 1 is 1.27 bits per heavy atom. The number of rotatable bonds is 2. The number of non-ortho nitro benzene ring substituents is 1. The van der Waals surface area contributed by atoms with E-state index in [-0.39, 0.29) is 11.8 Å². The van der Waals surface area contributed by atoms with E-state index in [2.05, 4.69) is 14.9 Å². The van der Waals surface area contributed by atoms with Crippen LogP contribution < -0.4 is 4.90 Å². The third kappa shape index (κ3) is 4.04. The Kier molecular flexibility index (Phi) is 4.71. The maximum Gasteiger partial charge on any atom is 0.410 e. The third-order valence-electron chi connectivity index (χ3n) is 4.11. The molecule has 1 aromatic carbocycles. The largest absolute Gasteiger partial charge is 0.444 e.